The van der Waals surface area contributed by atoms with Crippen LogP contribution in [0.1, 0.15) is 83.5 Å². The normalized spacial score (nSPS) is 20.3. The van der Waals surface area contributed by atoms with E-state index in [4.69, 9.17) is 33.9 Å². The van der Waals surface area contributed by atoms with E-state index in [0.29, 0.717) is 49.4 Å². The summed E-state index contributed by atoms with van der Waals surface area (Å²) in [5.41, 5.74) is -3.11. The predicted molar refractivity (Wildman–Crippen MR) is 252 cm³/mol. The van der Waals surface area contributed by atoms with Crippen LogP contribution in [0.3, 0.4) is 0 Å². The molecule has 20 heteroatoms. The summed E-state index contributed by atoms with van der Waals surface area (Å²) in [5.74, 6) is -3.19. The van der Waals surface area contributed by atoms with Crippen LogP contribution < -0.4 is 31.1 Å². The Labute approximate surface area is 399 Å². The minimum Gasteiger partial charge on any atom is -0.462 e. The molecule has 4 aromatic carbocycles. The highest BCUT2D eigenvalue weighted by Crippen LogP contribution is 2.37. The Bertz CT molecular complexity index is 2480. The van der Waals surface area contributed by atoms with Crippen molar-refractivity contribution in [2.24, 2.45) is 10.8 Å². The van der Waals surface area contributed by atoms with Gasteiger partial charge in [-0.05, 0) is 121 Å². The number of carbonyl (C=O) groups is 4. The van der Waals surface area contributed by atoms with Gasteiger partial charge >= 0.3 is 24.3 Å². The van der Waals surface area contributed by atoms with Crippen molar-refractivity contribution in [1.29, 1.82) is 0 Å². The second-order valence-corrected chi connectivity index (χ2v) is 19.0. The van der Waals surface area contributed by atoms with E-state index in [1.807, 2.05) is 24.3 Å². The molecule has 0 fully saturated rings. The molecule has 0 saturated carbocycles. The minimum absolute atomic E-state index is 0.0649. The van der Waals surface area contributed by atoms with Crippen LogP contribution >= 0.6 is 24.4 Å². The van der Waals surface area contributed by atoms with Crippen LogP contribution in [0.25, 0.3) is 0 Å². The van der Waals surface area contributed by atoms with Gasteiger partial charge in [-0.15, -0.1) is 0 Å². The maximum absolute atomic E-state index is 14.5. The lowest BCUT2D eigenvalue weighted by Gasteiger charge is -2.37. The number of ether oxygens (including phenoxy) is 2. The number of esters is 2. The third-order valence-electron chi connectivity index (χ3n) is 12.4. The Morgan fingerprint density at radius 3 is 1.34 bits per heavy atom. The van der Waals surface area contributed by atoms with Crippen molar-refractivity contribution in [3.8, 4) is 0 Å². The topological polar surface area (TPSA) is 141 Å². The fourth-order valence-electron chi connectivity index (χ4n) is 8.46. The minimum atomic E-state index is -4.91. The molecule has 0 aromatic heterocycles. The number of rotatable bonds is 2. The Kier molecular flexibility index (Phi) is 14.1. The highest BCUT2D eigenvalue weighted by molar-refractivity contribution is 7.80. The molecule has 0 spiro atoms. The van der Waals surface area contributed by atoms with Gasteiger partial charge in [-0.2, -0.15) is 26.3 Å². The summed E-state index contributed by atoms with van der Waals surface area (Å²) in [4.78, 5) is 59.3. The first kappa shape index (κ1) is 49.6. The second-order valence-electron chi connectivity index (χ2n) is 18.1. The predicted octanol–water partition coefficient (Wildman–Crippen LogP) is 9.07. The second kappa shape index (κ2) is 19.4. The van der Waals surface area contributed by atoms with Gasteiger partial charge in [0, 0.05) is 35.8 Å². The number of fused-ring (bicyclic) bond motifs is 6. The van der Waals surface area contributed by atoms with Gasteiger partial charge in [0.05, 0.1) is 35.5 Å². The maximum atomic E-state index is 14.5. The van der Waals surface area contributed by atoms with Crippen molar-refractivity contribution in [2.45, 2.75) is 77.8 Å². The molecule has 4 bridgehead atoms. The number of hydrogen-bond donors (Lipinski definition) is 4. The Morgan fingerprint density at radius 2 is 0.971 bits per heavy atom. The number of alkyl halides is 6. The average Bonchev–Trinajstić information content (AvgIpc) is 3.91. The van der Waals surface area contributed by atoms with Crippen LogP contribution in [0.5, 0.6) is 0 Å². The zero-order valence-electron chi connectivity index (χ0n) is 37.3. The van der Waals surface area contributed by atoms with Crippen LogP contribution in [-0.4, -0.2) is 72.4 Å². The smallest absolute Gasteiger partial charge is 0.416 e. The van der Waals surface area contributed by atoms with Gasteiger partial charge in [0.1, 0.15) is 12.1 Å². The Balaban J connectivity index is 1.25. The van der Waals surface area contributed by atoms with Crippen molar-refractivity contribution in [3.63, 3.8) is 0 Å². The van der Waals surface area contributed by atoms with Crippen LogP contribution in [0.2, 0.25) is 0 Å². The molecule has 4 aromatic rings. The molecule has 0 radical (unpaired) electrons. The van der Waals surface area contributed by atoms with E-state index in [-0.39, 0.29) is 34.4 Å². The summed E-state index contributed by atoms with van der Waals surface area (Å²) >= 11 is 11.2. The molecule has 3 heterocycles. The van der Waals surface area contributed by atoms with Crippen molar-refractivity contribution in [3.05, 3.63) is 118 Å². The Morgan fingerprint density at radius 1 is 0.603 bits per heavy atom. The summed E-state index contributed by atoms with van der Waals surface area (Å²) in [6.45, 7) is 6.43. The molecule has 2 atom stereocenters. The summed E-state index contributed by atoms with van der Waals surface area (Å²) in [6.07, 6.45) is -8.88. The highest BCUT2D eigenvalue weighted by atomic mass is 32.1. The van der Waals surface area contributed by atoms with Crippen molar-refractivity contribution in [1.82, 2.24) is 10.6 Å². The number of nitrogens with one attached hydrogen (secondary N) is 4. The number of carbonyl (C=O) groups excluding carboxylic acids is 4. The van der Waals surface area contributed by atoms with Crippen molar-refractivity contribution >= 4 is 81.2 Å². The number of cyclic esters (lactones) is 2. The first-order valence-electron chi connectivity index (χ1n) is 21.6. The fourth-order valence-corrected chi connectivity index (χ4v) is 8.93. The third-order valence-corrected chi connectivity index (χ3v) is 12.8. The molecular weight excluding hydrogens is 935 g/mol. The molecule has 3 aliphatic heterocycles. The number of hydrogen-bond acceptors (Lipinski definition) is 8. The van der Waals surface area contributed by atoms with E-state index in [1.165, 1.54) is 9.80 Å². The average molecular weight is 983 g/mol. The SMILES string of the molecule is CC1(C)CCOC(=O)c2cc(cc(C(F)(F)F)c2)NC(=S)N[C@@H](C(=O)N2CCc3ccccc32)C(C)(C)CCOC(=O)c2cc(cc(C(F)(F)F)c2)NC(=S)N[C@H]1C(=O)N1CCc2ccccc21. The molecule has 2 amide bonds. The summed E-state index contributed by atoms with van der Waals surface area (Å²) in [5, 5.41) is 10.7. The van der Waals surface area contributed by atoms with Crippen molar-refractivity contribution in [2.75, 3.05) is 46.7 Å². The van der Waals surface area contributed by atoms with Crippen LogP contribution in [0.4, 0.5) is 49.1 Å². The van der Waals surface area contributed by atoms with E-state index < -0.39 is 94.5 Å². The van der Waals surface area contributed by atoms with E-state index in [2.05, 4.69) is 21.3 Å². The van der Waals surface area contributed by atoms with E-state index in [0.717, 1.165) is 35.4 Å². The van der Waals surface area contributed by atoms with Crippen LogP contribution in [0.15, 0.2) is 84.9 Å². The molecular formula is C48H48F6N6O6S2. The van der Waals surface area contributed by atoms with Gasteiger partial charge in [0.2, 0.25) is 11.8 Å². The number of thiocarbonyl (C=S) groups is 2. The van der Waals surface area contributed by atoms with E-state index >= 15 is 0 Å². The zero-order valence-corrected chi connectivity index (χ0v) is 39.0. The van der Waals surface area contributed by atoms with Crippen LogP contribution in [-0.2, 0) is 44.3 Å². The van der Waals surface area contributed by atoms with Gasteiger partial charge < -0.3 is 40.5 Å². The first-order valence-corrected chi connectivity index (χ1v) is 22.5. The molecule has 360 valence electrons. The zero-order chi connectivity index (χ0) is 49.3. The van der Waals surface area contributed by atoms with Gasteiger partial charge in [-0.1, -0.05) is 64.1 Å². The largest absolute Gasteiger partial charge is 0.462 e. The molecule has 0 saturated heterocycles. The molecule has 4 N–H and O–H groups in total. The van der Waals surface area contributed by atoms with Crippen molar-refractivity contribution < 1.29 is 55.0 Å². The maximum Gasteiger partial charge on any atom is 0.416 e. The number of para-hydroxylation sites is 2. The quantitative estimate of drug-likeness (QED) is 0.0866. The first-order chi connectivity index (χ1) is 31.9. The van der Waals surface area contributed by atoms with Gasteiger partial charge in [0.15, 0.2) is 10.2 Å². The lowest BCUT2D eigenvalue weighted by Crippen LogP contribution is -2.56. The summed E-state index contributed by atoms with van der Waals surface area (Å²) in [7, 11) is 0. The number of benzene rings is 4. The molecule has 0 aliphatic carbocycles. The molecule has 12 nitrogen and oxygen atoms in total. The highest BCUT2D eigenvalue weighted by Gasteiger charge is 2.43. The number of halogens is 6. The summed E-state index contributed by atoms with van der Waals surface area (Å²) in [6, 6.07) is 17.0. The van der Waals surface area contributed by atoms with Gasteiger partial charge in [-0.25, -0.2) is 9.59 Å². The lowest BCUT2D eigenvalue weighted by molar-refractivity contribution is -0.138. The van der Waals surface area contributed by atoms with Crippen LogP contribution in [0, 0.1) is 10.8 Å². The summed E-state index contributed by atoms with van der Waals surface area (Å²) < 4.78 is 97.3. The van der Waals surface area contributed by atoms with E-state index in [9.17, 15) is 45.5 Å². The molecule has 3 aliphatic rings. The Hall–Kier alpha value is -6.28. The number of amides is 2. The molecule has 68 heavy (non-hydrogen) atoms. The monoisotopic (exact) mass is 982 g/mol. The molecule has 7 rings (SSSR count). The lowest BCUT2D eigenvalue weighted by atomic mass is 9.80. The standard InChI is InChI=1S/C48H48F6N6O6S2/c1-45(2)15-19-65-41(63)29-21-31(47(49,50)51)26-34(23-29)56-44(68)58-38(40(62)60-18-14-28-10-6-8-12-36(28)60)46(3,4)16-20-66-42(64)30-22-32(48(52,53)54)25-33(24-30)55-43(67)57-37(45)39(61)59-17-13-27-9-5-7-11-35(27)59/h5-12,21-26,37-38H,13-20H2,1-4H3,(H2,55,57,67)(H2,56,58,68)/t37-,38-/m0/s1. The third kappa shape index (κ3) is 11.2. The number of anilines is 4. The number of nitrogens with zero attached hydrogens (tertiary/aromatic N) is 2. The molecule has 0 unspecified atom stereocenters. The van der Waals surface area contributed by atoms with E-state index in [1.54, 1.807) is 52.0 Å². The van der Waals surface area contributed by atoms with Gasteiger partial charge in [-0.3, -0.25) is 9.59 Å². The van der Waals surface area contributed by atoms with Gasteiger partial charge in [0.25, 0.3) is 0 Å². The fraction of sp³-hybridized carbons (Fsp3) is 0.375.